The number of nitrogens with one attached hydrogen (secondary N) is 3. The Kier molecular flexibility index (Phi) is 6.87. The van der Waals surface area contributed by atoms with Crippen LogP contribution in [-0.2, 0) is 15.0 Å². The molecular weight excluding hydrogens is 437 g/mol. The van der Waals surface area contributed by atoms with Crippen LogP contribution in [0.15, 0.2) is 48.5 Å². The van der Waals surface area contributed by atoms with Gasteiger partial charge in [-0.3, -0.25) is 14.7 Å². The summed E-state index contributed by atoms with van der Waals surface area (Å²) in [7, 11) is 0. The summed E-state index contributed by atoms with van der Waals surface area (Å²) < 4.78 is 40.3. The lowest BCUT2D eigenvalue weighted by atomic mass is 9.81. The molecule has 0 fully saturated rings. The second-order valence-electron chi connectivity index (χ2n) is 8.13. The van der Waals surface area contributed by atoms with Gasteiger partial charge < -0.3 is 15.7 Å². The number of aliphatic hydroxyl groups excluding tert-OH is 1. The molecule has 4 N–H and O–H groups in total. The number of benzene rings is 2. The van der Waals surface area contributed by atoms with Crippen LogP contribution in [0.3, 0.4) is 0 Å². The lowest BCUT2D eigenvalue weighted by Gasteiger charge is -2.22. The number of aromatic nitrogens is 2. The molecule has 0 bridgehead atoms. The Morgan fingerprint density at radius 1 is 1.00 bits per heavy atom. The third-order valence-electron chi connectivity index (χ3n) is 5.22. The molecule has 0 saturated heterocycles. The molecule has 0 aliphatic rings. The van der Waals surface area contributed by atoms with Gasteiger partial charge in [-0.25, -0.2) is 13.2 Å². The molecule has 174 valence electrons. The minimum absolute atomic E-state index is 0.244. The highest BCUT2D eigenvalue weighted by atomic mass is 19.1. The molecule has 3 aromatic rings. The first kappa shape index (κ1) is 24.0. The topological polar surface area (TPSA) is 107 Å². The molecule has 2 aromatic carbocycles. The van der Waals surface area contributed by atoms with Gasteiger partial charge in [-0.15, -0.1) is 0 Å². The van der Waals surface area contributed by atoms with Crippen molar-refractivity contribution in [1.29, 1.82) is 0 Å². The molecule has 2 atom stereocenters. The first-order valence-corrected chi connectivity index (χ1v) is 10.0. The van der Waals surface area contributed by atoms with E-state index in [1.165, 1.54) is 19.1 Å². The average Bonchev–Trinajstić information content (AvgIpc) is 3.21. The number of aromatic amines is 1. The summed E-state index contributed by atoms with van der Waals surface area (Å²) in [5.74, 6) is -3.65. The molecule has 33 heavy (non-hydrogen) atoms. The van der Waals surface area contributed by atoms with Crippen LogP contribution < -0.4 is 10.6 Å². The highest BCUT2D eigenvalue weighted by Gasteiger charge is 2.28. The first-order valence-electron chi connectivity index (χ1n) is 10.0. The van der Waals surface area contributed by atoms with Crippen LogP contribution in [0.25, 0.3) is 0 Å². The van der Waals surface area contributed by atoms with Crippen molar-refractivity contribution in [1.82, 2.24) is 15.5 Å². The van der Waals surface area contributed by atoms with Gasteiger partial charge in [0, 0.05) is 17.5 Å². The Hall–Kier alpha value is -3.66. The minimum atomic E-state index is -1.86. The second-order valence-corrected chi connectivity index (χ2v) is 8.13. The maximum absolute atomic E-state index is 13.6. The molecule has 0 spiro atoms. The van der Waals surface area contributed by atoms with E-state index in [0.717, 1.165) is 12.1 Å². The van der Waals surface area contributed by atoms with Crippen LogP contribution in [0.2, 0.25) is 0 Å². The number of anilines is 1. The predicted molar refractivity (Wildman–Crippen MR) is 115 cm³/mol. The van der Waals surface area contributed by atoms with Crippen molar-refractivity contribution in [3.63, 3.8) is 0 Å². The van der Waals surface area contributed by atoms with Crippen molar-refractivity contribution in [2.75, 3.05) is 5.32 Å². The summed E-state index contributed by atoms with van der Waals surface area (Å²) in [6.07, 6.45) is -1.86. The van der Waals surface area contributed by atoms with Crippen LogP contribution in [0.5, 0.6) is 0 Å². The van der Waals surface area contributed by atoms with Gasteiger partial charge in [-0.1, -0.05) is 26.0 Å². The second kappa shape index (κ2) is 9.45. The van der Waals surface area contributed by atoms with Crippen LogP contribution in [0.1, 0.15) is 43.7 Å². The summed E-state index contributed by atoms with van der Waals surface area (Å²) >= 11 is 0. The SMILES string of the molecule is CC(NC(=O)C(O)c1cc(F)cc(F)c1)C(=O)Nc1cc(C(C)(C)c2cccc(F)c2)n[nH]1. The Morgan fingerprint density at radius 2 is 1.67 bits per heavy atom. The van der Waals surface area contributed by atoms with Crippen LogP contribution in [0.4, 0.5) is 19.0 Å². The number of H-pyrrole nitrogens is 1. The quantitative estimate of drug-likeness (QED) is 0.434. The number of hydrogen-bond donors (Lipinski definition) is 4. The Balaban J connectivity index is 1.64. The molecule has 1 aromatic heterocycles. The lowest BCUT2D eigenvalue weighted by molar-refractivity contribution is -0.132. The maximum Gasteiger partial charge on any atom is 0.254 e. The molecule has 7 nitrogen and oxygen atoms in total. The number of carbonyl (C=O) groups excluding carboxylic acids is 2. The molecule has 10 heteroatoms. The largest absolute Gasteiger partial charge is 0.378 e. The van der Waals surface area contributed by atoms with E-state index in [9.17, 15) is 27.9 Å². The zero-order chi connectivity index (χ0) is 24.3. The summed E-state index contributed by atoms with van der Waals surface area (Å²) in [5.41, 5.74) is 0.292. The van der Waals surface area contributed by atoms with Crippen molar-refractivity contribution in [3.8, 4) is 0 Å². The van der Waals surface area contributed by atoms with Crippen molar-refractivity contribution >= 4 is 17.6 Å². The molecule has 2 amide bonds. The summed E-state index contributed by atoms with van der Waals surface area (Å²) in [4.78, 5) is 24.7. The van der Waals surface area contributed by atoms with E-state index in [1.54, 1.807) is 18.2 Å². The van der Waals surface area contributed by atoms with Gasteiger partial charge in [0.05, 0.1) is 5.69 Å². The van der Waals surface area contributed by atoms with Gasteiger partial charge in [0.2, 0.25) is 5.91 Å². The van der Waals surface area contributed by atoms with E-state index < -0.39 is 41.0 Å². The highest BCUT2D eigenvalue weighted by molar-refractivity contribution is 5.97. The Bertz CT molecular complexity index is 1160. The Labute approximate surface area is 188 Å². The van der Waals surface area contributed by atoms with Crippen molar-refractivity contribution in [2.24, 2.45) is 0 Å². The first-order chi connectivity index (χ1) is 15.5. The number of aliphatic hydroxyl groups is 1. The third-order valence-corrected chi connectivity index (χ3v) is 5.22. The van der Waals surface area contributed by atoms with Crippen molar-refractivity contribution < 1.29 is 27.9 Å². The summed E-state index contributed by atoms with van der Waals surface area (Å²) in [6.45, 7) is 5.08. The summed E-state index contributed by atoms with van der Waals surface area (Å²) in [5, 5.41) is 21.8. The van der Waals surface area contributed by atoms with Gasteiger partial charge in [-0.2, -0.15) is 5.10 Å². The molecule has 1 heterocycles. The van der Waals surface area contributed by atoms with Crippen molar-refractivity contribution in [2.45, 2.75) is 38.3 Å². The fraction of sp³-hybridized carbons (Fsp3) is 0.261. The number of halogens is 3. The van der Waals surface area contributed by atoms with Crippen molar-refractivity contribution in [3.05, 3.63) is 82.8 Å². The number of nitrogens with zero attached hydrogens (tertiary/aromatic N) is 1. The van der Waals surface area contributed by atoms with Crippen LogP contribution >= 0.6 is 0 Å². The van der Waals surface area contributed by atoms with Gasteiger partial charge in [0.15, 0.2) is 6.10 Å². The molecule has 3 rings (SSSR count). The molecule has 0 radical (unpaired) electrons. The molecule has 0 aliphatic heterocycles. The van der Waals surface area contributed by atoms with E-state index >= 15 is 0 Å². The number of amides is 2. The Morgan fingerprint density at radius 3 is 2.30 bits per heavy atom. The molecule has 0 saturated carbocycles. The predicted octanol–water partition coefficient (Wildman–Crippen LogP) is 3.33. The molecule has 0 aliphatic carbocycles. The summed E-state index contributed by atoms with van der Waals surface area (Å²) in [6, 6.07) is 8.86. The zero-order valence-corrected chi connectivity index (χ0v) is 18.1. The molecule has 2 unspecified atom stereocenters. The van der Waals surface area contributed by atoms with Gasteiger partial charge in [-0.05, 0) is 42.3 Å². The standard InChI is InChI=1S/C23H23F3N4O3/c1-12(27-22(33)20(31)13-7-16(25)10-17(26)8-13)21(32)28-19-11-18(29-30-19)23(2,3)14-5-4-6-15(24)9-14/h4-12,20,31H,1-3H3,(H,27,33)(H2,28,29,30,32). The normalized spacial score (nSPS) is 13.3. The zero-order valence-electron chi connectivity index (χ0n) is 18.1. The van der Waals surface area contributed by atoms with Gasteiger partial charge >= 0.3 is 0 Å². The maximum atomic E-state index is 13.6. The minimum Gasteiger partial charge on any atom is -0.378 e. The molecular formula is C23H23F3N4O3. The fourth-order valence-corrected chi connectivity index (χ4v) is 3.21. The van der Waals surface area contributed by atoms with E-state index in [4.69, 9.17) is 0 Å². The monoisotopic (exact) mass is 460 g/mol. The van der Waals surface area contributed by atoms with Gasteiger partial charge in [0.25, 0.3) is 5.91 Å². The smallest absolute Gasteiger partial charge is 0.254 e. The number of rotatable bonds is 7. The lowest BCUT2D eigenvalue weighted by Crippen LogP contribution is -2.43. The van der Waals surface area contributed by atoms with Crippen LogP contribution in [0, 0.1) is 17.5 Å². The van der Waals surface area contributed by atoms with Crippen LogP contribution in [-0.4, -0.2) is 33.2 Å². The fourth-order valence-electron chi connectivity index (χ4n) is 3.21. The van der Waals surface area contributed by atoms with E-state index in [0.29, 0.717) is 17.3 Å². The van der Waals surface area contributed by atoms with E-state index in [1.807, 2.05) is 13.8 Å². The van der Waals surface area contributed by atoms with E-state index in [-0.39, 0.29) is 17.2 Å². The number of hydrogen-bond acceptors (Lipinski definition) is 4. The van der Waals surface area contributed by atoms with E-state index in [2.05, 4.69) is 20.8 Å². The van der Waals surface area contributed by atoms with Gasteiger partial charge in [0.1, 0.15) is 29.3 Å². The number of carbonyl (C=O) groups is 2. The average molecular weight is 460 g/mol. The third kappa shape index (κ3) is 5.58. The highest BCUT2D eigenvalue weighted by Crippen LogP contribution is 2.31.